The smallest absolute Gasteiger partial charge is 0.382 e. The number of carbonyl (C=O) groups is 2. The van der Waals surface area contributed by atoms with Crippen LogP contribution in [-0.2, 0) is 0 Å². The Labute approximate surface area is 393 Å². The van der Waals surface area contributed by atoms with E-state index in [1.807, 2.05) is 32.0 Å². The van der Waals surface area contributed by atoms with Crippen LogP contribution in [0.25, 0.3) is 33.8 Å². The van der Waals surface area contributed by atoms with Crippen molar-refractivity contribution >= 4 is 61.9 Å². The number of alkyl halides is 6. The van der Waals surface area contributed by atoms with Crippen molar-refractivity contribution in [1.29, 1.82) is 0 Å². The van der Waals surface area contributed by atoms with Crippen LogP contribution >= 0.6 is 15.9 Å². The molecular weight excluding hydrogens is 963 g/mol. The van der Waals surface area contributed by atoms with Gasteiger partial charge in [0.1, 0.15) is 10.4 Å². The second kappa shape index (κ2) is 19.4. The number of nitrogens with zero attached hydrogens (tertiary/aromatic N) is 6. The monoisotopic (exact) mass is 1010 g/mol. The minimum absolute atomic E-state index is 0.0864. The standard InChI is InChI=1S/C27H26F4N6O.C20H19BrF3N5O/c1-15-9-18(28)12-20(10-15)34-24-13-22(32-8-7-27(29,30)31)25-33-14-23(37(25)36-24)17-3-6-21(16(2)11-17)26(38)35-19-4-5-19;1-11-8-12(2-5-14(11)19(30)27-13-3-4-13)16-10-26-18-15(9-17(21)28-29(16)18)25-7-6-20(22,23)24/h3,6,9-14,19,32H,4-5,7-8H2,1-2H3,(H,34,36)(H,35,38);2,5,8-10,13,25H,3-4,6-7H2,1H3,(H,27,30). The topological polar surface area (TPSA) is 155 Å². The van der Waals surface area contributed by atoms with Crippen molar-refractivity contribution in [2.75, 3.05) is 29.0 Å². The molecule has 0 spiro atoms. The van der Waals surface area contributed by atoms with Gasteiger partial charge in [0.2, 0.25) is 0 Å². The van der Waals surface area contributed by atoms with Gasteiger partial charge in [-0.3, -0.25) is 9.59 Å². The van der Waals surface area contributed by atoms with E-state index in [1.165, 1.54) is 16.6 Å². The van der Waals surface area contributed by atoms with Gasteiger partial charge >= 0.3 is 12.4 Å². The van der Waals surface area contributed by atoms with Crippen molar-refractivity contribution in [3.63, 3.8) is 0 Å². The molecule has 3 aromatic carbocycles. The molecule has 21 heteroatoms. The van der Waals surface area contributed by atoms with Crippen LogP contribution in [-0.4, -0.2) is 78.5 Å². The zero-order valence-corrected chi connectivity index (χ0v) is 38.4. The van der Waals surface area contributed by atoms with Gasteiger partial charge in [-0.2, -0.15) is 31.4 Å². The summed E-state index contributed by atoms with van der Waals surface area (Å²) >= 11 is 3.31. The molecule has 0 atom stereocenters. The van der Waals surface area contributed by atoms with Gasteiger partial charge in [0.25, 0.3) is 11.8 Å². The Balaban J connectivity index is 0.000000189. The number of hydrogen-bond acceptors (Lipinski definition) is 9. The third kappa shape index (κ3) is 12.0. The zero-order chi connectivity index (χ0) is 48.5. The number of benzene rings is 3. The molecule has 5 N–H and O–H groups in total. The molecule has 0 saturated heterocycles. The Morgan fingerprint density at radius 1 is 0.662 bits per heavy atom. The maximum atomic E-state index is 14.0. The predicted octanol–water partition coefficient (Wildman–Crippen LogP) is 10.9. The Morgan fingerprint density at radius 3 is 1.60 bits per heavy atom. The summed E-state index contributed by atoms with van der Waals surface area (Å²) in [5.41, 5.74) is 8.22. The third-order valence-electron chi connectivity index (χ3n) is 11.0. The van der Waals surface area contributed by atoms with Gasteiger partial charge in [0.05, 0.1) is 48.0 Å². The molecule has 0 unspecified atom stereocenters. The SMILES string of the molecule is Cc1cc(-c2cnc3c(NCCC(F)(F)F)cc(Br)nn23)ccc1C(=O)NC1CC1.Cc1cc(F)cc(Nc2cc(NCCC(F)(F)F)c3ncc(-c4ccc(C(=O)NC5CC5)c(C)c4)n3n2)c1. The zero-order valence-electron chi connectivity index (χ0n) is 36.8. The highest BCUT2D eigenvalue weighted by atomic mass is 79.9. The van der Waals surface area contributed by atoms with Crippen molar-refractivity contribution in [1.82, 2.24) is 39.8 Å². The number of nitrogens with one attached hydrogen (secondary N) is 5. The molecule has 4 aromatic heterocycles. The minimum Gasteiger partial charge on any atom is -0.382 e. The van der Waals surface area contributed by atoms with Crippen LogP contribution in [0.15, 0.2) is 83.7 Å². The Morgan fingerprint density at radius 2 is 1.15 bits per heavy atom. The lowest BCUT2D eigenvalue weighted by atomic mass is 10.0. The Hall–Kier alpha value is -6.77. The second-order valence-electron chi connectivity index (χ2n) is 16.9. The van der Waals surface area contributed by atoms with Crippen LogP contribution < -0.4 is 26.6 Å². The summed E-state index contributed by atoms with van der Waals surface area (Å²) in [7, 11) is 0. The number of aryl methyl sites for hydroxylation is 3. The summed E-state index contributed by atoms with van der Waals surface area (Å²) in [4.78, 5) is 33.6. The fourth-order valence-corrected chi connectivity index (χ4v) is 7.78. The van der Waals surface area contributed by atoms with E-state index >= 15 is 0 Å². The maximum absolute atomic E-state index is 14.0. The van der Waals surface area contributed by atoms with Crippen LogP contribution in [0.2, 0.25) is 0 Å². The van der Waals surface area contributed by atoms with Crippen LogP contribution in [0, 0.1) is 26.6 Å². The summed E-state index contributed by atoms with van der Waals surface area (Å²) in [6, 6.07) is 18.9. The maximum Gasteiger partial charge on any atom is 0.390 e. The molecule has 7 aromatic rings. The first kappa shape index (κ1) is 47.7. The molecule has 2 aliphatic rings. The largest absolute Gasteiger partial charge is 0.390 e. The number of fused-ring (bicyclic) bond motifs is 2. The molecular formula is C47H45BrF7N11O2. The molecule has 0 radical (unpaired) electrons. The number of aromatic nitrogens is 6. The van der Waals surface area contributed by atoms with E-state index < -0.39 is 31.0 Å². The normalized spacial score (nSPS) is 13.8. The van der Waals surface area contributed by atoms with Gasteiger partial charge in [-0.15, -0.1) is 5.10 Å². The predicted molar refractivity (Wildman–Crippen MR) is 248 cm³/mol. The molecule has 13 nitrogen and oxygen atoms in total. The van der Waals surface area contributed by atoms with E-state index in [0.717, 1.165) is 47.9 Å². The van der Waals surface area contributed by atoms with Gasteiger partial charge in [-0.25, -0.2) is 23.4 Å². The lowest BCUT2D eigenvalue weighted by Gasteiger charge is -2.14. The number of amides is 2. The molecule has 9 rings (SSSR count). The summed E-state index contributed by atoms with van der Waals surface area (Å²) in [6.45, 7) is 4.84. The first-order chi connectivity index (χ1) is 32.3. The summed E-state index contributed by atoms with van der Waals surface area (Å²) in [5, 5.41) is 23.6. The van der Waals surface area contributed by atoms with Crippen molar-refractivity contribution in [2.45, 2.75) is 83.7 Å². The van der Waals surface area contributed by atoms with Gasteiger partial charge in [-0.05, 0) is 128 Å². The first-order valence-corrected chi connectivity index (χ1v) is 22.5. The quantitative estimate of drug-likeness (QED) is 0.0670. The molecule has 2 fully saturated rings. The number of imidazole rings is 2. The highest BCUT2D eigenvalue weighted by Gasteiger charge is 2.29. The van der Waals surface area contributed by atoms with E-state index in [4.69, 9.17) is 0 Å². The average Bonchev–Trinajstić information content (AvgIpc) is 4.16. The van der Waals surface area contributed by atoms with E-state index in [0.29, 0.717) is 61.0 Å². The lowest BCUT2D eigenvalue weighted by Crippen LogP contribution is -2.26. The number of anilines is 4. The highest BCUT2D eigenvalue weighted by molar-refractivity contribution is 9.10. The highest BCUT2D eigenvalue weighted by Crippen LogP contribution is 2.32. The van der Waals surface area contributed by atoms with Gasteiger partial charge in [-0.1, -0.05) is 12.1 Å². The summed E-state index contributed by atoms with van der Waals surface area (Å²) < 4.78 is 93.3. The molecule has 2 saturated carbocycles. The third-order valence-corrected chi connectivity index (χ3v) is 11.4. The molecule has 68 heavy (non-hydrogen) atoms. The number of halogens is 8. The van der Waals surface area contributed by atoms with E-state index in [-0.39, 0.29) is 42.8 Å². The van der Waals surface area contributed by atoms with Crippen LogP contribution in [0.1, 0.15) is 75.9 Å². The van der Waals surface area contributed by atoms with Gasteiger partial charge in [0, 0.05) is 59.2 Å². The Kier molecular flexibility index (Phi) is 13.6. The number of carbonyl (C=O) groups excluding carboxylic acids is 2. The van der Waals surface area contributed by atoms with Gasteiger partial charge in [0.15, 0.2) is 17.1 Å². The number of hydrogen-bond donors (Lipinski definition) is 5. The van der Waals surface area contributed by atoms with E-state index in [2.05, 4.69) is 62.7 Å². The fourth-order valence-electron chi connectivity index (χ4n) is 7.39. The fraction of sp³-hybridized carbons (Fsp3) is 0.319. The first-order valence-electron chi connectivity index (χ1n) is 21.7. The van der Waals surface area contributed by atoms with Crippen LogP contribution in [0.5, 0.6) is 0 Å². The Bertz CT molecular complexity index is 3000. The second-order valence-corrected chi connectivity index (χ2v) is 17.7. The van der Waals surface area contributed by atoms with Crippen LogP contribution in [0.3, 0.4) is 0 Å². The molecule has 0 bridgehead atoms. The van der Waals surface area contributed by atoms with E-state index in [1.54, 1.807) is 60.2 Å². The molecule has 4 heterocycles. The molecule has 0 aliphatic heterocycles. The minimum atomic E-state index is -4.32. The van der Waals surface area contributed by atoms with Crippen LogP contribution in [0.4, 0.5) is 53.6 Å². The van der Waals surface area contributed by atoms with Crippen molar-refractivity contribution in [2.24, 2.45) is 0 Å². The van der Waals surface area contributed by atoms with Crippen molar-refractivity contribution < 1.29 is 40.3 Å². The summed E-state index contributed by atoms with van der Waals surface area (Å²) in [6.07, 6.45) is -3.33. The molecule has 2 amide bonds. The summed E-state index contributed by atoms with van der Waals surface area (Å²) in [5.74, 6) is -0.354. The number of rotatable bonds is 14. The van der Waals surface area contributed by atoms with E-state index in [9.17, 15) is 40.3 Å². The molecule has 2 aliphatic carbocycles. The lowest BCUT2D eigenvalue weighted by molar-refractivity contribution is -0.132. The van der Waals surface area contributed by atoms with Crippen molar-refractivity contribution in [3.05, 3.63) is 117 Å². The van der Waals surface area contributed by atoms with Gasteiger partial charge < -0.3 is 26.6 Å². The van der Waals surface area contributed by atoms with Crippen molar-refractivity contribution in [3.8, 4) is 22.5 Å². The molecule has 356 valence electrons. The average molecular weight is 1010 g/mol.